The number of hydrogen-bond acceptors (Lipinski definition) is 18. The number of carboxylic acid groups (broad SMARTS) is 1. The number of carboxylic acids is 1. The second-order valence-corrected chi connectivity index (χ2v) is 35.0. The Morgan fingerprint density at radius 3 is 1.29 bits per heavy atom. The molecule has 1 radical (unpaired) electrons. The van der Waals surface area contributed by atoms with E-state index in [0.29, 0.717) is 32.4 Å². The van der Waals surface area contributed by atoms with Crippen LogP contribution >= 0.6 is 0 Å². The zero-order valence-electron chi connectivity index (χ0n) is 48.7. The number of methoxy groups -OCH3 is 3. The number of aliphatic hydroxyl groups is 5. The Balaban J connectivity index is -0.000000118. The summed E-state index contributed by atoms with van der Waals surface area (Å²) < 4.78 is 84.8. The van der Waals surface area contributed by atoms with Crippen molar-refractivity contribution in [2.24, 2.45) is 0 Å². The van der Waals surface area contributed by atoms with E-state index >= 15 is 0 Å². The Kier molecular flexibility index (Phi) is 63.7. The van der Waals surface area contributed by atoms with Crippen molar-refractivity contribution in [1.29, 1.82) is 0 Å². The normalized spacial score (nSPS) is 14.0. The van der Waals surface area contributed by atoms with Crippen LogP contribution in [0.15, 0.2) is 0 Å². The molecular formula is C45H107AcN3NaO18S2Si2+. The zero-order chi connectivity index (χ0) is 56.6. The fraction of sp³-hybridized carbons (Fsp3) is 0.978. The van der Waals surface area contributed by atoms with Gasteiger partial charge in [-0.25, -0.2) is 8.42 Å². The minimum atomic E-state index is -4.33. The predicted octanol–water partition coefficient (Wildman–Crippen LogP) is -1.72. The van der Waals surface area contributed by atoms with Crippen LogP contribution in [-0.4, -0.2) is 271 Å². The number of carbonyl (C=O) groups is 1. The summed E-state index contributed by atoms with van der Waals surface area (Å²) in [6, 6.07) is 2.97. The van der Waals surface area contributed by atoms with Gasteiger partial charge in [0.1, 0.15) is 37.6 Å². The molecule has 0 saturated heterocycles. The fourth-order valence-electron chi connectivity index (χ4n) is 5.68. The van der Waals surface area contributed by atoms with Crippen LogP contribution in [0.5, 0.6) is 0 Å². The topological polar surface area (TPSA) is 302 Å². The second kappa shape index (κ2) is 50.8. The molecule has 0 aromatic carbocycles. The molecule has 0 bridgehead atoms. The van der Waals surface area contributed by atoms with E-state index in [1.54, 1.807) is 21.2 Å². The van der Waals surface area contributed by atoms with Crippen LogP contribution in [0, 0.1) is 44.1 Å². The first-order chi connectivity index (χ1) is 31.7. The van der Waals surface area contributed by atoms with E-state index in [1.165, 1.54) is 20.3 Å². The molecule has 5 atom stereocenters. The van der Waals surface area contributed by atoms with Crippen LogP contribution in [0.25, 0.3) is 0 Å². The third-order valence-electron chi connectivity index (χ3n) is 9.63. The van der Waals surface area contributed by atoms with Crippen molar-refractivity contribution < 1.29 is 168 Å². The standard InChI is InChI=1S/C13H31NO2Si.C9H22NO2.C9H22O5SSi.C8H17NO4.C4H10O5S.C2H6.Ac.Na/c1-6-14(7-2)11-13(15)12-16-9-8-10-17(3,4)5;1-8(2)10(3,4)6-9(11)7-12-5;1-16(2,3)6-4-5-14-7-9(10)8-15(11,12)13;1-9(2,5-8(11)12)4-7(10)6-13-3;1-9-2-4(5)3-10(6,7)8;1-2;;/h13,15H,6-12H2,1-5H3;8-9,11H,6-7H2,1-5H3;9-10H,4-8H2,1-3H3,(H,11,12,13);7,10H,4-6H2,1-3H3;4-5H,2-3H2,1H3,(H,6,7,8);1-2H3;;/q;+1;;;;;;+1/p-1. The van der Waals surface area contributed by atoms with Gasteiger partial charge in [0.2, 0.25) is 0 Å². The minimum Gasteiger partial charge on any atom is -0.748 e. The molecule has 0 aliphatic rings. The van der Waals surface area contributed by atoms with Crippen LogP contribution in [0.4, 0.5) is 0 Å². The van der Waals surface area contributed by atoms with E-state index < -0.39 is 72.2 Å². The maximum Gasteiger partial charge on any atom is 1.00 e. The summed E-state index contributed by atoms with van der Waals surface area (Å²) in [6.07, 6.45) is -1.65. The molecule has 0 aromatic rings. The van der Waals surface area contributed by atoms with Gasteiger partial charge in [0.25, 0.3) is 10.1 Å². The summed E-state index contributed by atoms with van der Waals surface area (Å²) in [5, 5.41) is 56.8. The maximum atomic E-state index is 10.4. The van der Waals surface area contributed by atoms with Crippen molar-refractivity contribution in [2.45, 2.75) is 142 Å². The van der Waals surface area contributed by atoms with Gasteiger partial charge in [0, 0.05) is 101 Å². The fourth-order valence-corrected chi connectivity index (χ4v) is 9.24. The molecule has 0 spiro atoms. The molecule has 0 fully saturated rings. The first-order valence-electron chi connectivity index (χ1n) is 24.2. The molecule has 0 rings (SSSR count). The monoisotopic (exact) mass is 1350 g/mol. The molecule has 0 saturated carbocycles. The van der Waals surface area contributed by atoms with Crippen molar-refractivity contribution in [3.05, 3.63) is 0 Å². The number of aliphatic carboxylic acids is 1. The van der Waals surface area contributed by atoms with E-state index in [2.05, 4.69) is 90.7 Å². The van der Waals surface area contributed by atoms with Crippen molar-refractivity contribution in [3.8, 4) is 0 Å². The number of quaternary nitrogens is 2. The molecule has 0 heterocycles. The molecule has 72 heavy (non-hydrogen) atoms. The van der Waals surface area contributed by atoms with Crippen molar-refractivity contribution >= 4 is 42.4 Å². The van der Waals surface area contributed by atoms with Crippen molar-refractivity contribution in [2.75, 3.05) is 147 Å². The second-order valence-electron chi connectivity index (χ2n) is 20.8. The summed E-state index contributed by atoms with van der Waals surface area (Å²) in [7, 11) is 1.66. The molecule has 21 nitrogen and oxygen atoms in total. The first-order valence-corrected chi connectivity index (χ1v) is 34.8. The quantitative estimate of drug-likeness (QED) is 0.0184. The van der Waals surface area contributed by atoms with E-state index in [0.717, 1.165) is 56.2 Å². The molecule has 5 unspecified atom stereocenters. The number of hydrogen-bond donors (Lipinski definition) is 6. The number of nitrogens with zero attached hydrogens (tertiary/aromatic N) is 3. The van der Waals surface area contributed by atoms with Gasteiger partial charge in [-0.15, -0.1) is 0 Å². The number of ether oxygens (including phenoxy) is 5. The maximum absolute atomic E-state index is 10.4. The van der Waals surface area contributed by atoms with Crippen LogP contribution in [0.1, 0.15) is 54.4 Å². The molecule has 0 aromatic heterocycles. The zero-order valence-corrected chi connectivity index (χ0v) is 59.1. The van der Waals surface area contributed by atoms with Gasteiger partial charge < -0.3 is 77.5 Å². The molecule has 0 aliphatic carbocycles. The van der Waals surface area contributed by atoms with Gasteiger partial charge in [0.15, 0.2) is 0 Å². The summed E-state index contributed by atoms with van der Waals surface area (Å²) in [5.74, 6) is -2.57. The molecule has 27 heteroatoms. The Morgan fingerprint density at radius 2 is 0.986 bits per heavy atom. The van der Waals surface area contributed by atoms with Crippen LogP contribution in [-0.2, 0) is 48.7 Å². The Bertz CT molecular complexity index is 1430. The van der Waals surface area contributed by atoms with E-state index in [-0.39, 0.29) is 117 Å². The third-order valence-corrected chi connectivity index (χ3v) is 14.9. The van der Waals surface area contributed by atoms with Crippen LogP contribution < -0.4 is 34.7 Å². The number of aliphatic hydroxyl groups excluding tert-OH is 5. The number of carbonyl (C=O) groups excluding carboxylic acids is 1. The summed E-state index contributed by atoms with van der Waals surface area (Å²) >= 11 is 0. The van der Waals surface area contributed by atoms with Gasteiger partial charge in [-0.2, -0.15) is 8.42 Å². The average molecular weight is 1350 g/mol. The molecule has 0 aliphatic heterocycles. The van der Waals surface area contributed by atoms with Crippen molar-refractivity contribution in [3.63, 3.8) is 0 Å². The molecule has 433 valence electrons. The smallest absolute Gasteiger partial charge is 0.748 e. The number of rotatable bonds is 33. The van der Waals surface area contributed by atoms with Gasteiger partial charge in [-0.1, -0.05) is 79.1 Å². The number of likely N-dealkylation sites (N-methyl/N-ethyl adjacent to an activating group) is 3. The Hall–Kier alpha value is 1.65. The summed E-state index contributed by atoms with van der Waals surface area (Å²) in [6.45, 7) is 32.4. The van der Waals surface area contributed by atoms with Crippen molar-refractivity contribution in [1.82, 2.24) is 4.90 Å². The Morgan fingerprint density at radius 1 is 0.639 bits per heavy atom. The summed E-state index contributed by atoms with van der Waals surface area (Å²) in [4.78, 5) is 12.5. The molecule has 0 amide bonds. The van der Waals surface area contributed by atoms with E-state index in [1.807, 2.05) is 13.8 Å². The average Bonchev–Trinajstić information content (AvgIpc) is 3.15. The minimum absolute atomic E-state index is 0. The molecular weight excluding hydrogens is 1240 g/mol. The Labute approximate surface area is 499 Å². The van der Waals surface area contributed by atoms with Crippen LogP contribution in [0.2, 0.25) is 51.4 Å². The van der Waals surface area contributed by atoms with Gasteiger partial charge in [-0.05, 0) is 39.8 Å². The predicted molar refractivity (Wildman–Crippen MR) is 282 cm³/mol. The van der Waals surface area contributed by atoms with Gasteiger partial charge in [-0.3, -0.25) is 4.55 Å². The van der Waals surface area contributed by atoms with Crippen LogP contribution in [0.3, 0.4) is 0 Å². The SMILES string of the molecule is CC.CCN(CC)CC(O)COCCC[Si](C)(C)C.COCC(O)CS(=O)(=O)[O-].COCC(O)C[N+](C)(C)C(C)C.COCC(O)C[N+](C)(C)CC(=O)[O-].C[Si](C)(C)CCCOCC(O)CS(=O)(=O)O.[Ac].[Na+]. The van der Waals surface area contributed by atoms with Gasteiger partial charge >= 0.3 is 29.6 Å². The molecule has 6 N–H and O–H groups in total. The third kappa shape index (κ3) is 78.1. The summed E-state index contributed by atoms with van der Waals surface area (Å²) in [5.41, 5.74) is 0. The first kappa shape index (κ1) is 90.2. The van der Waals surface area contributed by atoms with Gasteiger partial charge in [0.05, 0.1) is 107 Å². The van der Waals surface area contributed by atoms with E-state index in [4.69, 9.17) is 28.6 Å². The van der Waals surface area contributed by atoms with E-state index in [9.17, 15) is 51.7 Å². The largest absolute Gasteiger partial charge is 1.00 e.